The number of fused-ring (bicyclic) bond motifs is 1. The van der Waals surface area contributed by atoms with Crippen molar-refractivity contribution < 1.29 is 4.79 Å². The SMILES string of the molecule is CN(C)C1CCN(C(=O)C=Cc2ccnc3ccccc23)CC1. The number of piperidine rings is 1. The molecule has 1 aliphatic rings. The molecule has 1 fully saturated rings. The van der Waals surface area contributed by atoms with Crippen LogP contribution in [0.1, 0.15) is 18.4 Å². The van der Waals surface area contributed by atoms with Crippen molar-refractivity contribution in [3.8, 4) is 0 Å². The molecule has 120 valence electrons. The van der Waals surface area contributed by atoms with E-state index < -0.39 is 0 Å². The summed E-state index contributed by atoms with van der Waals surface area (Å²) >= 11 is 0. The van der Waals surface area contributed by atoms with Crippen LogP contribution in [-0.4, -0.2) is 53.9 Å². The number of hydrogen-bond donors (Lipinski definition) is 0. The lowest BCUT2D eigenvalue weighted by molar-refractivity contribution is -0.127. The van der Waals surface area contributed by atoms with Crippen molar-refractivity contribution in [3.05, 3.63) is 48.2 Å². The van der Waals surface area contributed by atoms with Crippen LogP contribution >= 0.6 is 0 Å². The largest absolute Gasteiger partial charge is 0.339 e. The predicted octanol–water partition coefficient (Wildman–Crippen LogP) is 2.80. The molecule has 3 rings (SSSR count). The van der Waals surface area contributed by atoms with E-state index in [1.54, 1.807) is 12.3 Å². The molecule has 1 aromatic heterocycles. The van der Waals surface area contributed by atoms with E-state index in [2.05, 4.69) is 24.0 Å². The van der Waals surface area contributed by atoms with Crippen molar-refractivity contribution in [2.24, 2.45) is 0 Å². The number of benzene rings is 1. The third kappa shape index (κ3) is 3.59. The summed E-state index contributed by atoms with van der Waals surface area (Å²) in [5.74, 6) is 0.100. The van der Waals surface area contributed by atoms with E-state index in [0.717, 1.165) is 42.4 Å². The Morgan fingerprint density at radius 2 is 1.96 bits per heavy atom. The maximum absolute atomic E-state index is 12.4. The van der Waals surface area contributed by atoms with Crippen LogP contribution in [0.4, 0.5) is 0 Å². The second-order valence-corrected chi connectivity index (χ2v) is 6.27. The molecule has 1 aromatic carbocycles. The monoisotopic (exact) mass is 309 g/mol. The zero-order valence-corrected chi connectivity index (χ0v) is 13.8. The minimum Gasteiger partial charge on any atom is -0.339 e. The number of hydrogen-bond acceptors (Lipinski definition) is 3. The highest BCUT2D eigenvalue weighted by Crippen LogP contribution is 2.18. The minimum absolute atomic E-state index is 0.100. The number of amides is 1. The van der Waals surface area contributed by atoms with Crippen LogP contribution in [-0.2, 0) is 4.79 Å². The third-order valence-corrected chi connectivity index (χ3v) is 4.59. The molecule has 1 amide bonds. The van der Waals surface area contributed by atoms with E-state index in [9.17, 15) is 4.79 Å². The smallest absolute Gasteiger partial charge is 0.246 e. The average molecular weight is 309 g/mol. The standard InChI is InChI=1S/C19H23N3O/c1-21(2)16-10-13-22(14-11-16)19(23)8-7-15-9-12-20-18-6-4-3-5-17(15)18/h3-9,12,16H,10-11,13-14H2,1-2H3. The maximum atomic E-state index is 12.4. The number of aromatic nitrogens is 1. The minimum atomic E-state index is 0.100. The normalized spacial score (nSPS) is 16.6. The van der Waals surface area contributed by atoms with E-state index in [1.165, 1.54) is 0 Å². The molecule has 4 heteroatoms. The molecule has 0 N–H and O–H groups in total. The first-order chi connectivity index (χ1) is 11.1. The van der Waals surface area contributed by atoms with Crippen LogP contribution in [0.25, 0.3) is 17.0 Å². The molecular weight excluding hydrogens is 286 g/mol. The van der Waals surface area contributed by atoms with Crippen molar-refractivity contribution in [2.45, 2.75) is 18.9 Å². The summed E-state index contributed by atoms with van der Waals surface area (Å²) in [5.41, 5.74) is 1.99. The fourth-order valence-electron chi connectivity index (χ4n) is 3.13. The van der Waals surface area contributed by atoms with Crippen molar-refractivity contribution in [2.75, 3.05) is 27.2 Å². The Balaban J connectivity index is 1.69. The first-order valence-electron chi connectivity index (χ1n) is 8.12. The van der Waals surface area contributed by atoms with Crippen LogP contribution in [0.2, 0.25) is 0 Å². The van der Waals surface area contributed by atoms with Gasteiger partial charge >= 0.3 is 0 Å². The second kappa shape index (κ2) is 6.92. The Hall–Kier alpha value is -2.20. The van der Waals surface area contributed by atoms with E-state index in [-0.39, 0.29) is 5.91 Å². The van der Waals surface area contributed by atoms with Gasteiger partial charge in [0.25, 0.3) is 0 Å². The molecular formula is C19H23N3O. The summed E-state index contributed by atoms with van der Waals surface area (Å²) < 4.78 is 0. The highest BCUT2D eigenvalue weighted by atomic mass is 16.2. The van der Waals surface area contributed by atoms with Gasteiger partial charge in [0.15, 0.2) is 0 Å². The zero-order chi connectivity index (χ0) is 16.2. The Morgan fingerprint density at radius 1 is 1.22 bits per heavy atom. The van der Waals surface area contributed by atoms with E-state index in [4.69, 9.17) is 0 Å². The number of carbonyl (C=O) groups excluding carboxylic acids is 1. The van der Waals surface area contributed by atoms with Gasteiger partial charge in [-0.15, -0.1) is 0 Å². The highest BCUT2D eigenvalue weighted by molar-refractivity contribution is 5.95. The third-order valence-electron chi connectivity index (χ3n) is 4.59. The van der Waals surface area contributed by atoms with Crippen LogP contribution in [0.3, 0.4) is 0 Å². The van der Waals surface area contributed by atoms with Crippen LogP contribution in [0.5, 0.6) is 0 Å². The van der Waals surface area contributed by atoms with E-state index in [0.29, 0.717) is 6.04 Å². The van der Waals surface area contributed by atoms with Crippen molar-refractivity contribution in [3.63, 3.8) is 0 Å². The Morgan fingerprint density at radius 3 is 2.70 bits per heavy atom. The molecule has 1 saturated heterocycles. The molecule has 23 heavy (non-hydrogen) atoms. The number of pyridine rings is 1. The van der Waals surface area contributed by atoms with Gasteiger partial charge < -0.3 is 9.80 Å². The molecule has 0 unspecified atom stereocenters. The van der Waals surface area contributed by atoms with Gasteiger partial charge in [0.05, 0.1) is 5.52 Å². The number of rotatable bonds is 3. The molecule has 0 bridgehead atoms. The van der Waals surface area contributed by atoms with Gasteiger partial charge in [-0.05, 0) is 50.7 Å². The summed E-state index contributed by atoms with van der Waals surface area (Å²) in [6, 6.07) is 10.5. The summed E-state index contributed by atoms with van der Waals surface area (Å²) in [4.78, 5) is 20.9. The summed E-state index contributed by atoms with van der Waals surface area (Å²) in [5, 5.41) is 1.07. The molecule has 2 aromatic rings. The van der Waals surface area contributed by atoms with Gasteiger partial charge in [0, 0.05) is 36.8 Å². The number of para-hydroxylation sites is 1. The van der Waals surface area contributed by atoms with Gasteiger partial charge in [-0.2, -0.15) is 0 Å². The first-order valence-corrected chi connectivity index (χ1v) is 8.12. The summed E-state index contributed by atoms with van der Waals surface area (Å²) in [7, 11) is 4.22. The molecule has 0 aliphatic carbocycles. The molecule has 2 heterocycles. The molecule has 0 atom stereocenters. The average Bonchev–Trinajstić information content (AvgIpc) is 2.59. The topological polar surface area (TPSA) is 36.4 Å². The molecule has 1 aliphatic heterocycles. The van der Waals surface area contributed by atoms with Crippen LogP contribution < -0.4 is 0 Å². The van der Waals surface area contributed by atoms with Crippen molar-refractivity contribution in [1.29, 1.82) is 0 Å². The lowest BCUT2D eigenvalue weighted by Crippen LogP contribution is -2.43. The van der Waals surface area contributed by atoms with Crippen LogP contribution in [0.15, 0.2) is 42.6 Å². The predicted molar refractivity (Wildman–Crippen MR) is 94.1 cm³/mol. The Labute approximate surface area is 137 Å². The van der Waals surface area contributed by atoms with Gasteiger partial charge in [-0.25, -0.2) is 0 Å². The lowest BCUT2D eigenvalue weighted by atomic mass is 10.0. The highest BCUT2D eigenvalue weighted by Gasteiger charge is 2.22. The van der Waals surface area contributed by atoms with E-state index in [1.807, 2.05) is 41.3 Å². The Kier molecular flexibility index (Phi) is 4.72. The van der Waals surface area contributed by atoms with Crippen molar-refractivity contribution >= 4 is 22.9 Å². The van der Waals surface area contributed by atoms with Crippen molar-refractivity contribution in [1.82, 2.24) is 14.8 Å². The molecule has 4 nitrogen and oxygen atoms in total. The number of likely N-dealkylation sites (tertiary alicyclic amines) is 1. The fraction of sp³-hybridized carbons (Fsp3) is 0.368. The summed E-state index contributed by atoms with van der Waals surface area (Å²) in [6.07, 6.45) is 7.48. The number of nitrogens with zero attached hydrogens (tertiary/aromatic N) is 3. The molecule has 0 radical (unpaired) electrons. The quantitative estimate of drug-likeness (QED) is 0.818. The number of carbonyl (C=O) groups is 1. The van der Waals surface area contributed by atoms with E-state index >= 15 is 0 Å². The zero-order valence-electron chi connectivity index (χ0n) is 13.8. The second-order valence-electron chi connectivity index (χ2n) is 6.27. The summed E-state index contributed by atoms with van der Waals surface area (Å²) in [6.45, 7) is 1.67. The maximum Gasteiger partial charge on any atom is 0.246 e. The van der Waals surface area contributed by atoms with Crippen LogP contribution in [0, 0.1) is 0 Å². The first kappa shape index (κ1) is 15.7. The molecule has 0 spiro atoms. The molecule has 0 saturated carbocycles. The Bertz CT molecular complexity index is 710. The van der Waals surface area contributed by atoms with Gasteiger partial charge in [0.1, 0.15) is 0 Å². The fourth-order valence-corrected chi connectivity index (χ4v) is 3.13. The van der Waals surface area contributed by atoms with Gasteiger partial charge in [-0.3, -0.25) is 9.78 Å². The lowest BCUT2D eigenvalue weighted by Gasteiger charge is -2.34. The van der Waals surface area contributed by atoms with Gasteiger partial charge in [-0.1, -0.05) is 18.2 Å². The van der Waals surface area contributed by atoms with Gasteiger partial charge in [0.2, 0.25) is 5.91 Å².